The number of benzene rings is 1. The van der Waals surface area contributed by atoms with E-state index in [1.807, 2.05) is 23.9 Å². The van der Waals surface area contributed by atoms with Gasteiger partial charge in [-0.25, -0.2) is 10.8 Å². The van der Waals surface area contributed by atoms with Gasteiger partial charge >= 0.3 is 6.18 Å². The zero-order valence-corrected chi connectivity index (χ0v) is 24.9. The van der Waals surface area contributed by atoms with Crippen molar-refractivity contribution in [1.82, 2.24) is 20.1 Å². The van der Waals surface area contributed by atoms with Crippen LogP contribution >= 0.6 is 11.3 Å². The number of aromatic nitrogens is 1. The van der Waals surface area contributed by atoms with Crippen molar-refractivity contribution < 1.29 is 22.8 Å². The van der Waals surface area contributed by atoms with Gasteiger partial charge in [-0.05, 0) is 50.9 Å². The molecule has 3 rings (SSSR count). The number of anilines is 2. The fourth-order valence-electron chi connectivity index (χ4n) is 3.88. The predicted molar refractivity (Wildman–Crippen MR) is 160 cm³/mol. The van der Waals surface area contributed by atoms with Crippen LogP contribution in [0.4, 0.5) is 24.0 Å². The number of amides is 2. The summed E-state index contributed by atoms with van der Waals surface area (Å²) in [7, 11) is 5.62. The number of hydrogen-bond donors (Lipinski definition) is 4. The maximum atomic E-state index is 13.7. The number of hydrogen-bond acceptors (Lipinski definition) is 9. The molecule has 1 aromatic heterocycles. The number of halogens is 3. The summed E-state index contributed by atoms with van der Waals surface area (Å²) in [6, 6.07) is 4.76. The number of nitrogens with two attached hydrogens (primary N) is 2. The molecule has 2 aromatic rings. The molecule has 0 saturated carbocycles. The van der Waals surface area contributed by atoms with Crippen LogP contribution in [0.1, 0.15) is 34.1 Å². The van der Waals surface area contributed by atoms with Crippen molar-refractivity contribution in [2.45, 2.75) is 26.4 Å². The Balaban J connectivity index is 1.85. The fourth-order valence-corrected chi connectivity index (χ4v) is 4.67. The van der Waals surface area contributed by atoms with Crippen LogP contribution < -0.4 is 27.2 Å². The molecule has 0 bridgehead atoms. The number of nitrogens with one attached hydrogen (secondary N) is 2. The van der Waals surface area contributed by atoms with E-state index in [1.165, 1.54) is 30.4 Å². The summed E-state index contributed by atoms with van der Waals surface area (Å²) in [4.78, 5) is 33.0. The lowest BCUT2D eigenvalue weighted by molar-refractivity contribution is -0.114. The van der Waals surface area contributed by atoms with Gasteiger partial charge < -0.3 is 26.2 Å². The van der Waals surface area contributed by atoms with Gasteiger partial charge in [0.15, 0.2) is 5.13 Å². The summed E-state index contributed by atoms with van der Waals surface area (Å²) < 4.78 is 41.0. The highest BCUT2D eigenvalue weighted by Gasteiger charge is 2.33. The van der Waals surface area contributed by atoms with Crippen LogP contribution in [0, 0.1) is 6.92 Å². The van der Waals surface area contributed by atoms with Crippen LogP contribution in [0.2, 0.25) is 0 Å². The van der Waals surface area contributed by atoms with E-state index in [9.17, 15) is 22.8 Å². The average molecular weight is 605 g/mol. The van der Waals surface area contributed by atoms with E-state index in [1.54, 1.807) is 32.2 Å². The van der Waals surface area contributed by atoms with Gasteiger partial charge in [-0.15, -0.1) is 0 Å². The van der Waals surface area contributed by atoms with Gasteiger partial charge in [-0.3, -0.25) is 14.6 Å². The first-order valence-electron chi connectivity index (χ1n) is 12.9. The highest BCUT2D eigenvalue weighted by atomic mass is 32.1. The van der Waals surface area contributed by atoms with Crippen molar-refractivity contribution in [2.24, 2.45) is 11.6 Å². The molecular formula is C28H35F3N8O2S. The van der Waals surface area contributed by atoms with E-state index in [-0.39, 0.29) is 29.3 Å². The molecule has 10 nitrogen and oxygen atoms in total. The number of aryl methyl sites for hydroxylation is 1. The number of likely N-dealkylation sites (N-methyl/N-ethyl adjacent to an activating group) is 2. The molecule has 1 heterocycles. The van der Waals surface area contributed by atoms with Gasteiger partial charge in [0.25, 0.3) is 5.91 Å². The molecule has 42 heavy (non-hydrogen) atoms. The van der Waals surface area contributed by atoms with Gasteiger partial charge in [0.05, 0.1) is 21.8 Å². The van der Waals surface area contributed by atoms with Crippen molar-refractivity contribution in [1.29, 1.82) is 0 Å². The zero-order chi connectivity index (χ0) is 31.2. The quantitative estimate of drug-likeness (QED) is 0.237. The molecule has 0 fully saturated rings. The van der Waals surface area contributed by atoms with Crippen LogP contribution in [0.25, 0.3) is 5.70 Å². The van der Waals surface area contributed by atoms with E-state index in [0.717, 1.165) is 29.1 Å². The second kappa shape index (κ2) is 13.7. The summed E-state index contributed by atoms with van der Waals surface area (Å²) >= 11 is 1.16. The molecule has 0 atom stereocenters. The lowest BCUT2D eigenvalue weighted by atomic mass is 10.1. The smallest absolute Gasteiger partial charge is 0.396 e. The number of nitrogens with zero attached hydrogens (tertiary/aromatic N) is 4. The topological polar surface area (TPSA) is 133 Å². The van der Waals surface area contributed by atoms with Gasteiger partial charge in [0, 0.05) is 62.8 Å². The minimum absolute atomic E-state index is 0.0174. The van der Waals surface area contributed by atoms with E-state index >= 15 is 0 Å². The summed E-state index contributed by atoms with van der Waals surface area (Å²) in [6.45, 7) is 4.45. The number of thiazole rings is 1. The molecule has 6 N–H and O–H groups in total. The number of carbonyl (C=O) groups is 2. The number of rotatable bonds is 10. The minimum atomic E-state index is -4.58. The van der Waals surface area contributed by atoms with Crippen molar-refractivity contribution >= 4 is 39.7 Å². The Morgan fingerprint density at radius 1 is 1.14 bits per heavy atom. The third kappa shape index (κ3) is 8.93. The molecule has 0 radical (unpaired) electrons. The normalized spacial score (nSPS) is 14.0. The minimum Gasteiger partial charge on any atom is -0.396 e. The van der Waals surface area contributed by atoms with Crippen molar-refractivity contribution in [3.63, 3.8) is 0 Å². The first kappa shape index (κ1) is 32.4. The van der Waals surface area contributed by atoms with Crippen molar-refractivity contribution in [3.05, 3.63) is 81.8 Å². The Labute approximate surface area is 246 Å². The number of hydrazine groups is 1. The molecule has 1 aromatic carbocycles. The third-order valence-corrected chi connectivity index (χ3v) is 7.19. The van der Waals surface area contributed by atoms with Crippen LogP contribution in [0.15, 0.2) is 65.8 Å². The first-order chi connectivity index (χ1) is 19.6. The van der Waals surface area contributed by atoms with E-state index < -0.39 is 17.7 Å². The summed E-state index contributed by atoms with van der Waals surface area (Å²) in [6.07, 6.45) is 2.03. The Kier molecular flexibility index (Phi) is 10.5. The molecule has 1 aliphatic carbocycles. The summed E-state index contributed by atoms with van der Waals surface area (Å²) in [5.74, 6) is 5.39. The molecular weight excluding hydrogens is 569 g/mol. The molecule has 0 aliphatic heterocycles. The molecule has 0 spiro atoms. The second-order valence-electron chi connectivity index (χ2n) is 9.98. The average Bonchev–Trinajstić information content (AvgIpc) is 3.24. The highest BCUT2D eigenvalue weighted by Crippen LogP contribution is 2.31. The van der Waals surface area contributed by atoms with Crippen molar-refractivity contribution in [3.8, 4) is 0 Å². The molecule has 0 unspecified atom stereocenters. The maximum absolute atomic E-state index is 13.7. The molecule has 0 saturated heterocycles. The monoisotopic (exact) mass is 604 g/mol. The summed E-state index contributed by atoms with van der Waals surface area (Å²) in [5.41, 5.74) is 7.62. The SMILES string of the molecule is CC(=O)Nc1ncc(/C(N)=C/N(N)c2cc(C(=O)NC3=CC(C(F)(F)F)=CCC(N(C)CCN(C)C)=C3)ccc2C)s1. The lowest BCUT2D eigenvalue weighted by Crippen LogP contribution is -2.29. The van der Waals surface area contributed by atoms with Gasteiger partial charge in [0.2, 0.25) is 5.91 Å². The van der Waals surface area contributed by atoms with Crippen molar-refractivity contribution in [2.75, 3.05) is 44.6 Å². The molecule has 226 valence electrons. The van der Waals surface area contributed by atoms with E-state index in [4.69, 9.17) is 11.6 Å². The van der Waals surface area contributed by atoms with Crippen LogP contribution in [0.3, 0.4) is 0 Å². The molecule has 14 heteroatoms. The first-order valence-corrected chi connectivity index (χ1v) is 13.7. The number of alkyl halides is 3. The number of carbonyl (C=O) groups excluding carboxylic acids is 2. The van der Waals surface area contributed by atoms with Crippen LogP contribution in [-0.4, -0.2) is 67.0 Å². The largest absolute Gasteiger partial charge is 0.416 e. The maximum Gasteiger partial charge on any atom is 0.416 e. The Hall–Kier alpha value is -4.14. The lowest BCUT2D eigenvalue weighted by Gasteiger charge is -2.24. The predicted octanol–water partition coefficient (Wildman–Crippen LogP) is 3.93. The Bertz CT molecular complexity index is 1440. The van der Waals surface area contributed by atoms with Gasteiger partial charge in [-0.1, -0.05) is 23.5 Å². The second-order valence-corrected chi connectivity index (χ2v) is 11.0. The third-order valence-electron chi connectivity index (χ3n) is 6.22. The zero-order valence-electron chi connectivity index (χ0n) is 24.0. The van der Waals surface area contributed by atoms with Gasteiger partial charge in [-0.2, -0.15) is 13.2 Å². The van der Waals surface area contributed by atoms with Crippen LogP contribution in [-0.2, 0) is 4.79 Å². The highest BCUT2D eigenvalue weighted by molar-refractivity contribution is 7.16. The molecule has 1 aliphatic rings. The van der Waals surface area contributed by atoms with Crippen LogP contribution in [0.5, 0.6) is 0 Å². The Morgan fingerprint density at radius 3 is 2.50 bits per heavy atom. The van der Waals surface area contributed by atoms with Gasteiger partial charge in [0.1, 0.15) is 0 Å². The standard InChI is InChI=1S/C28H35F3N8O2S/c1-17-6-7-19(12-24(17)39(33)16-23(32)25-15-34-27(42-25)35-18(2)40)26(41)36-21-13-20(28(29,30)31)8-9-22(14-21)38(5)11-10-37(3)4/h6-8,12-16H,9-11,32-33H2,1-5H3,(H,36,41)(H,34,35,40)/b23-16-. The Morgan fingerprint density at radius 2 is 1.86 bits per heavy atom. The fraction of sp³-hybridized carbons (Fsp3) is 0.321. The molecule has 2 amide bonds. The van der Waals surface area contributed by atoms with E-state index in [0.29, 0.717) is 34.5 Å². The number of allylic oxidation sites excluding steroid dienone is 4. The summed E-state index contributed by atoms with van der Waals surface area (Å²) in [5, 5.41) is 6.83. The van der Waals surface area contributed by atoms with E-state index in [2.05, 4.69) is 15.6 Å².